The van der Waals surface area contributed by atoms with E-state index in [4.69, 9.17) is 10.00 Å². The lowest BCUT2D eigenvalue weighted by Crippen LogP contribution is -2.33. The molecule has 2 aromatic carbocycles. The minimum atomic E-state index is -0.0467. The lowest BCUT2D eigenvalue weighted by molar-refractivity contribution is -0.117. The van der Waals surface area contributed by atoms with E-state index in [0.29, 0.717) is 31.0 Å². The average molecular weight is 337 g/mol. The number of nitrogens with one attached hydrogen (secondary N) is 1. The number of carbonyl (C=O) groups is 1. The van der Waals surface area contributed by atoms with Crippen LogP contribution in [-0.2, 0) is 4.79 Å². The Bertz CT molecular complexity index is 764. The zero-order chi connectivity index (χ0) is 18.2. The summed E-state index contributed by atoms with van der Waals surface area (Å²) in [5, 5.41) is 11.7. The highest BCUT2D eigenvalue weighted by molar-refractivity contribution is 5.93. The molecule has 0 heterocycles. The summed E-state index contributed by atoms with van der Waals surface area (Å²) in [5.41, 5.74) is 3.70. The summed E-state index contributed by atoms with van der Waals surface area (Å²) < 4.78 is 5.63. The van der Waals surface area contributed by atoms with Crippen molar-refractivity contribution >= 4 is 11.6 Å². The Labute approximate surface area is 148 Å². The van der Waals surface area contributed by atoms with E-state index in [1.807, 2.05) is 44.0 Å². The first kappa shape index (κ1) is 18.5. The fourth-order valence-electron chi connectivity index (χ4n) is 2.35. The van der Waals surface area contributed by atoms with Crippen LogP contribution in [0.15, 0.2) is 42.5 Å². The van der Waals surface area contributed by atoms with Gasteiger partial charge in [0.25, 0.3) is 0 Å². The quantitative estimate of drug-likeness (QED) is 0.843. The van der Waals surface area contributed by atoms with Crippen LogP contribution in [0.5, 0.6) is 5.75 Å². The van der Waals surface area contributed by atoms with Crippen LogP contribution in [-0.4, -0.2) is 37.6 Å². The number of ether oxygens (including phenoxy) is 1. The number of nitrogens with zero attached hydrogens (tertiary/aromatic N) is 2. The van der Waals surface area contributed by atoms with Crippen molar-refractivity contribution in [1.29, 1.82) is 5.26 Å². The molecule has 0 aliphatic rings. The maximum absolute atomic E-state index is 12.2. The van der Waals surface area contributed by atoms with Gasteiger partial charge in [0.15, 0.2) is 0 Å². The normalized spacial score (nSPS) is 10.4. The summed E-state index contributed by atoms with van der Waals surface area (Å²) >= 11 is 0. The van der Waals surface area contributed by atoms with Crippen LogP contribution in [0.2, 0.25) is 0 Å². The minimum Gasteiger partial charge on any atom is -0.492 e. The van der Waals surface area contributed by atoms with Gasteiger partial charge in [0.05, 0.1) is 18.2 Å². The maximum atomic E-state index is 12.2. The van der Waals surface area contributed by atoms with Gasteiger partial charge in [-0.15, -0.1) is 0 Å². The zero-order valence-corrected chi connectivity index (χ0v) is 14.9. The summed E-state index contributed by atoms with van der Waals surface area (Å²) in [5.74, 6) is 0.668. The van der Waals surface area contributed by atoms with E-state index in [1.54, 1.807) is 24.3 Å². The van der Waals surface area contributed by atoms with Gasteiger partial charge in [-0.05, 0) is 62.4 Å². The van der Waals surface area contributed by atoms with E-state index in [0.717, 1.165) is 16.8 Å². The maximum Gasteiger partial charge on any atom is 0.238 e. The number of benzene rings is 2. The number of rotatable bonds is 7. The molecule has 1 N–H and O–H groups in total. The molecule has 0 saturated heterocycles. The van der Waals surface area contributed by atoms with Gasteiger partial charge in [-0.25, -0.2) is 0 Å². The third kappa shape index (κ3) is 5.63. The molecular formula is C20H23N3O2. The molecule has 1 amide bonds. The van der Waals surface area contributed by atoms with Crippen molar-refractivity contribution in [2.45, 2.75) is 13.8 Å². The second-order valence-electron chi connectivity index (χ2n) is 6.02. The van der Waals surface area contributed by atoms with E-state index in [1.165, 1.54) is 0 Å². The van der Waals surface area contributed by atoms with Crippen LogP contribution >= 0.6 is 0 Å². The molecule has 0 fully saturated rings. The fourth-order valence-corrected chi connectivity index (χ4v) is 2.35. The molecule has 0 saturated carbocycles. The first-order valence-electron chi connectivity index (χ1n) is 8.17. The molecule has 0 aliphatic heterocycles. The van der Waals surface area contributed by atoms with Crippen molar-refractivity contribution in [3.8, 4) is 11.8 Å². The van der Waals surface area contributed by atoms with E-state index >= 15 is 0 Å². The number of anilines is 1. The smallest absolute Gasteiger partial charge is 0.238 e. The number of hydrogen-bond acceptors (Lipinski definition) is 4. The Morgan fingerprint density at radius 1 is 1.20 bits per heavy atom. The molecular weight excluding hydrogens is 314 g/mol. The van der Waals surface area contributed by atoms with Gasteiger partial charge in [-0.3, -0.25) is 9.69 Å². The van der Waals surface area contributed by atoms with Crippen LogP contribution in [0.3, 0.4) is 0 Å². The molecule has 2 rings (SSSR count). The summed E-state index contributed by atoms with van der Waals surface area (Å²) in [4.78, 5) is 14.1. The SMILES string of the molecule is Cc1cccc(NC(=O)CN(C)CCOc2ccc(C#N)cc2)c1C. The lowest BCUT2D eigenvalue weighted by Gasteiger charge is -2.17. The number of likely N-dealkylation sites (N-methyl/N-ethyl adjacent to an activating group) is 1. The predicted octanol–water partition coefficient (Wildman–Crippen LogP) is 3.12. The minimum absolute atomic E-state index is 0.0467. The molecule has 5 heteroatoms. The fraction of sp³-hybridized carbons (Fsp3) is 0.300. The molecule has 5 nitrogen and oxygen atoms in total. The lowest BCUT2D eigenvalue weighted by atomic mass is 10.1. The third-order valence-electron chi connectivity index (χ3n) is 4.02. The van der Waals surface area contributed by atoms with Crippen molar-refractivity contribution < 1.29 is 9.53 Å². The van der Waals surface area contributed by atoms with Gasteiger partial charge in [0.1, 0.15) is 12.4 Å². The second-order valence-corrected chi connectivity index (χ2v) is 6.02. The highest BCUT2D eigenvalue weighted by atomic mass is 16.5. The van der Waals surface area contributed by atoms with E-state index in [2.05, 4.69) is 11.4 Å². The predicted molar refractivity (Wildman–Crippen MR) is 98.7 cm³/mol. The van der Waals surface area contributed by atoms with Gasteiger partial charge < -0.3 is 10.1 Å². The molecule has 25 heavy (non-hydrogen) atoms. The van der Waals surface area contributed by atoms with Crippen molar-refractivity contribution in [2.75, 3.05) is 32.1 Å². The number of nitriles is 1. The summed E-state index contributed by atoms with van der Waals surface area (Å²) in [6, 6.07) is 14.9. The summed E-state index contributed by atoms with van der Waals surface area (Å²) in [6.45, 7) is 5.42. The van der Waals surface area contributed by atoms with Gasteiger partial charge in [-0.2, -0.15) is 5.26 Å². The molecule has 0 spiro atoms. The topological polar surface area (TPSA) is 65.4 Å². The standard InChI is InChI=1S/C20H23N3O2/c1-15-5-4-6-19(16(15)2)22-20(24)14-23(3)11-12-25-18-9-7-17(13-21)8-10-18/h4-10H,11-12,14H2,1-3H3,(H,22,24). The molecule has 2 aromatic rings. The second kappa shape index (κ2) is 8.86. The Morgan fingerprint density at radius 3 is 2.60 bits per heavy atom. The van der Waals surface area contributed by atoms with Crippen LogP contribution in [0.4, 0.5) is 5.69 Å². The van der Waals surface area contributed by atoms with E-state index in [9.17, 15) is 4.79 Å². The van der Waals surface area contributed by atoms with Crippen molar-refractivity contribution in [3.63, 3.8) is 0 Å². The van der Waals surface area contributed by atoms with Crippen molar-refractivity contribution in [3.05, 3.63) is 59.2 Å². The Kier molecular flexibility index (Phi) is 6.55. The van der Waals surface area contributed by atoms with Crippen LogP contribution in [0, 0.1) is 25.2 Å². The largest absolute Gasteiger partial charge is 0.492 e. The van der Waals surface area contributed by atoms with Crippen molar-refractivity contribution in [1.82, 2.24) is 4.90 Å². The van der Waals surface area contributed by atoms with Gasteiger partial charge in [0.2, 0.25) is 5.91 Å². The molecule has 0 atom stereocenters. The van der Waals surface area contributed by atoms with Crippen LogP contribution in [0.25, 0.3) is 0 Å². The number of hydrogen-bond donors (Lipinski definition) is 1. The van der Waals surface area contributed by atoms with Gasteiger partial charge >= 0.3 is 0 Å². The molecule has 0 unspecified atom stereocenters. The highest BCUT2D eigenvalue weighted by Crippen LogP contribution is 2.17. The third-order valence-corrected chi connectivity index (χ3v) is 4.02. The van der Waals surface area contributed by atoms with Gasteiger partial charge in [0, 0.05) is 12.2 Å². The molecule has 130 valence electrons. The number of aryl methyl sites for hydroxylation is 1. The molecule has 0 bridgehead atoms. The Morgan fingerprint density at radius 2 is 1.92 bits per heavy atom. The zero-order valence-electron chi connectivity index (χ0n) is 14.9. The number of amides is 1. The highest BCUT2D eigenvalue weighted by Gasteiger charge is 2.09. The van der Waals surface area contributed by atoms with E-state index < -0.39 is 0 Å². The van der Waals surface area contributed by atoms with Crippen LogP contribution in [0.1, 0.15) is 16.7 Å². The average Bonchev–Trinajstić information content (AvgIpc) is 2.59. The first-order valence-corrected chi connectivity index (χ1v) is 8.17. The summed E-state index contributed by atoms with van der Waals surface area (Å²) in [7, 11) is 1.88. The first-order chi connectivity index (χ1) is 12.0. The molecule has 0 aromatic heterocycles. The monoisotopic (exact) mass is 337 g/mol. The molecule has 0 aliphatic carbocycles. The Balaban J connectivity index is 1.75. The Hall–Kier alpha value is -2.84. The van der Waals surface area contributed by atoms with Crippen LogP contribution < -0.4 is 10.1 Å². The van der Waals surface area contributed by atoms with Crippen molar-refractivity contribution in [2.24, 2.45) is 0 Å². The summed E-state index contributed by atoms with van der Waals surface area (Å²) in [6.07, 6.45) is 0. The molecule has 0 radical (unpaired) electrons. The van der Waals surface area contributed by atoms with E-state index in [-0.39, 0.29) is 5.91 Å². The number of carbonyl (C=O) groups excluding carboxylic acids is 1. The van der Waals surface area contributed by atoms with Gasteiger partial charge in [-0.1, -0.05) is 12.1 Å².